The monoisotopic (exact) mass is 220 g/mol. The van der Waals surface area contributed by atoms with Gasteiger partial charge in [-0.05, 0) is 30.2 Å². The Hall–Kier alpha value is -1.97. The summed E-state index contributed by atoms with van der Waals surface area (Å²) in [7, 11) is 1.35. The number of furan rings is 1. The number of hydrogen-bond donors (Lipinski definition) is 1. The lowest BCUT2D eigenvalue weighted by molar-refractivity contribution is -0.140. The molecule has 0 aliphatic rings. The zero-order valence-corrected chi connectivity index (χ0v) is 8.90. The van der Waals surface area contributed by atoms with Crippen LogP contribution in [0, 0.1) is 0 Å². The number of fused-ring (bicyclic) bond motifs is 1. The summed E-state index contributed by atoms with van der Waals surface area (Å²) in [5.74, 6) is -0.114. The maximum atomic E-state index is 11.0. The fourth-order valence-corrected chi connectivity index (χ4v) is 1.58. The summed E-state index contributed by atoms with van der Waals surface area (Å²) in [5.41, 5.74) is 1.39. The van der Waals surface area contributed by atoms with Crippen LogP contribution in [-0.4, -0.2) is 18.2 Å². The molecule has 0 bridgehead atoms. The van der Waals surface area contributed by atoms with E-state index in [2.05, 4.69) is 4.74 Å². The molecule has 1 aromatic carbocycles. The van der Waals surface area contributed by atoms with E-state index < -0.39 is 0 Å². The lowest BCUT2D eigenvalue weighted by atomic mass is 10.1. The van der Waals surface area contributed by atoms with Crippen molar-refractivity contribution in [3.05, 3.63) is 30.0 Å². The van der Waals surface area contributed by atoms with Gasteiger partial charge in [0.2, 0.25) is 0 Å². The largest absolute Gasteiger partial charge is 0.508 e. The van der Waals surface area contributed by atoms with Crippen molar-refractivity contribution in [2.45, 2.75) is 12.8 Å². The molecule has 0 spiro atoms. The van der Waals surface area contributed by atoms with Crippen LogP contribution >= 0.6 is 0 Å². The highest BCUT2D eigenvalue weighted by molar-refractivity contribution is 5.80. The number of hydrogen-bond acceptors (Lipinski definition) is 4. The fraction of sp³-hybridized carbons (Fsp3) is 0.250. The van der Waals surface area contributed by atoms with Crippen molar-refractivity contribution >= 4 is 16.9 Å². The molecular weight excluding hydrogens is 208 g/mol. The van der Waals surface area contributed by atoms with Crippen LogP contribution in [0.5, 0.6) is 5.75 Å². The van der Waals surface area contributed by atoms with Gasteiger partial charge in [0, 0.05) is 11.8 Å². The Bertz CT molecular complexity index is 513. The van der Waals surface area contributed by atoms with Crippen LogP contribution in [0.4, 0.5) is 0 Å². The molecule has 0 aliphatic carbocycles. The summed E-state index contributed by atoms with van der Waals surface area (Å²) in [6.45, 7) is 0. The molecular formula is C12H12O4. The number of carbonyl (C=O) groups excluding carboxylic acids is 1. The average molecular weight is 220 g/mol. The van der Waals surface area contributed by atoms with Gasteiger partial charge in [-0.15, -0.1) is 0 Å². The molecule has 0 radical (unpaired) electrons. The van der Waals surface area contributed by atoms with E-state index in [1.165, 1.54) is 7.11 Å². The van der Waals surface area contributed by atoms with Crippen LogP contribution in [0.15, 0.2) is 28.9 Å². The number of aromatic hydroxyl groups is 1. The Morgan fingerprint density at radius 2 is 2.31 bits per heavy atom. The Balaban J connectivity index is 2.22. The first-order valence-corrected chi connectivity index (χ1v) is 4.96. The first-order chi connectivity index (χ1) is 7.70. The van der Waals surface area contributed by atoms with E-state index in [0.29, 0.717) is 17.6 Å². The van der Waals surface area contributed by atoms with E-state index in [0.717, 1.165) is 5.39 Å². The standard InChI is InChI=1S/C12H12O4/c1-15-12(14)3-2-8-7-11-9(4-5-16-11)6-10(8)13/h4-7,13H,2-3H2,1H3. The molecule has 84 valence electrons. The van der Waals surface area contributed by atoms with Crippen molar-refractivity contribution in [2.75, 3.05) is 7.11 Å². The molecule has 0 atom stereocenters. The van der Waals surface area contributed by atoms with Crippen molar-refractivity contribution in [1.29, 1.82) is 0 Å². The predicted octanol–water partition coefficient (Wildman–Crippen LogP) is 2.24. The second-order valence-corrected chi connectivity index (χ2v) is 3.52. The second kappa shape index (κ2) is 4.26. The molecule has 2 aromatic rings. The van der Waals surface area contributed by atoms with Crippen molar-refractivity contribution in [1.82, 2.24) is 0 Å². The van der Waals surface area contributed by atoms with Gasteiger partial charge in [0.05, 0.1) is 13.4 Å². The van der Waals surface area contributed by atoms with Crippen LogP contribution in [-0.2, 0) is 16.0 Å². The quantitative estimate of drug-likeness (QED) is 0.806. The average Bonchev–Trinajstić information content (AvgIpc) is 2.72. The van der Waals surface area contributed by atoms with E-state index in [9.17, 15) is 9.90 Å². The lowest BCUT2D eigenvalue weighted by Gasteiger charge is -2.03. The number of phenols is 1. The van der Waals surface area contributed by atoms with Gasteiger partial charge in [-0.25, -0.2) is 0 Å². The molecule has 16 heavy (non-hydrogen) atoms. The number of aryl methyl sites for hydroxylation is 1. The van der Waals surface area contributed by atoms with Gasteiger partial charge >= 0.3 is 5.97 Å². The Labute approximate surface area is 92.4 Å². The minimum Gasteiger partial charge on any atom is -0.508 e. The number of benzene rings is 1. The van der Waals surface area contributed by atoms with Crippen molar-refractivity contribution in [3.8, 4) is 5.75 Å². The van der Waals surface area contributed by atoms with Gasteiger partial charge in [-0.2, -0.15) is 0 Å². The molecule has 1 heterocycles. The van der Waals surface area contributed by atoms with Crippen molar-refractivity contribution in [3.63, 3.8) is 0 Å². The topological polar surface area (TPSA) is 59.7 Å². The third-order valence-corrected chi connectivity index (χ3v) is 2.48. The molecule has 0 fully saturated rings. The van der Waals surface area contributed by atoms with Crippen LogP contribution < -0.4 is 0 Å². The van der Waals surface area contributed by atoms with Gasteiger partial charge in [-0.1, -0.05) is 0 Å². The Morgan fingerprint density at radius 1 is 1.50 bits per heavy atom. The van der Waals surface area contributed by atoms with E-state index in [1.54, 1.807) is 24.5 Å². The van der Waals surface area contributed by atoms with Gasteiger partial charge in [0.1, 0.15) is 11.3 Å². The highest BCUT2D eigenvalue weighted by Crippen LogP contribution is 2.26. The van der Waals surface area contributed by atoms with Gasteiger partial charge in [0.15, 0.2) is 0 Å². The number of phenolic OH excluding ortho intramolecular Hbond substituents is 1. The molecule has 0 aliphatic heterocycles. The molecule has 0 saturated heterocycles. The van der Waals surface area contributed by atoms with Crippen LogP contribution in [0.3, 0.4) is 0 Å². The van der Waals surface area contributed by atoms with Gasteiger partial charge in [0.25, 0.3) is 0 Å². The molecule has 4 heteroatoms. The molecule has 1 aromatic heterocycles. The smallest absolute Gasteiger partial charge is 0.305 e. The highest BCUT2D eigenvalue weighted by Gasteiger charge is 2.08. The Morgan fingerprint density at radius 3 is 3.06 bits per heavy atom. The zero-order valence-electron chi connectivity index (χ0n) is 8.90. The summed E-state index contributed by atoms with van der Waals surface area (Å²) in [5, 5.41) is 10.6. The predicted molar refractivity (Wildman–Crippen MR) is 58.2 cm³/mol. The van der Waals surface area contributed by atoms with E-state index in [1.807, 2.05) is 0 Å². The van der Waals surface area contributed by atoms with E-state index >= 15 is 0 Å². The lowest BCUT2D eigenvalue weighted by Crippen LogP contribution is -2.01. The summed E-state index contributed by atoms with van der Waals surface area (Å²) < 4.78 is 9.76. The van der Waals surface area contributed by atoms with Crippen molar-refractivity contribution in [2.24, 2.45) is 0 Å². The minimum atomic E-state index is -0.293. The van der Waals surface area contributed by atoms with Crippen LogP contribution in [0.1, 0.15) is 12.0 Å². The molecule has 4 nitrogen and oxygen atoms in total. The van der Waals surface area contributed by atoms with Crippen molar-refractivity contribution < 1.29 is 19.1 Å². The summed E-state index contributed by atoms with van der Waals surface area (Å²) in [6.07, 6.45) is 2.25. The molecule has 0 amide bonds. The number of carbonyl (C=O) groups is 1. The number of ether oxygens (including phenoxy) is 1. The van der Waals surface area contributed by atoms with E-state index in [4.69, 9.17) is 4.42 Å². The molecule has 2 rings (SSSR count). The number of esters is 1. The summed E-state index contributed by atoms with van der Waals surface area (Å²) >= 11 is 0. The van der Waals surface area contributed by atoms with Gasteiger partial charge < -0.3 is 14.3 Å². The summed E-state index contributed by atoms with van der Waals surface area (Å²) in [4.78, 5) is 11.0. The summed E-state index contributed by atoms with van der Waals surface area (Å²) in [6, 6.07) is 5.15. The van der Waals surface area contributed by atoms with Crippen LogP contribution in [0.2, 0.25) is 0 Å². The first kappa shape index (κ1) is 10.5. The molecule has 0 saturated carbocycles. The maximum absolute atomic E-state index is 11.0. The van der Waals surface area contributed by atoms with Crippen LogP contribution in [0.25, 0.3) is 11.0 Å². The van der Waals surface area contributed by atoms with E-state index in [-0.39, 0.29) is 18.1 Å². The Kier molecular flexibility index (Phi) is 2.81. The third-order valence-electron chi connectivity index (χ3n) is 2.48. The number of rotatable bonds is 3. The molecule has 0 unspecified atom stereocenters. The second-order valence-electron chi connectivity index (χ2n) is 3.52. The zero-order chi connectivity index (χ0) is 11.5. The van der Waals surface area contributed by atoms with Gasteiger partial charge in [-0.3, -0.25) is 4.79 Å². The third kappa shape index (κ3) is 2.00. The number of methoxy groups -OCH3 is 1. The SMILES string of the molecule is COC(=O)CCc1cc2occc2cc1O. The minimum absolute atomic E-state index is 0.179. The first-order valence-electron chi connectivity index (χ1n) is 4.96. The highest BCUT2D eigenvalue weighted by atomic mass is 16.5. The maximum Gasteiger partial charge on any atom is 0.305 e. The normalized spacial score (nSPS) is 10.6. The molecule has 1 N–H and O–H groups in total. The fourth-order valence-electron chi connectivity index (χ4n) is 1.58.